The third kappa shape index (κ3) is 4.44. The molecule has 1 aromatic carbocycles. The van der Waals surface area contributed by atoms with Gasteiger partial charge in [-0.05, 0) is 19.9 Å². The van der Waals surface area contributed by atoms with Crippen molar-refractivity contribution in [2.24, 2.45) is 11.1 Å². The van der Waals surface area contributed by atoms with Crippen molar-refractivity contribution in [1.29, 1.82) is 0 Å². The highest BCUT2D eigenvalue weighted by atomic mass is 35.5. The molecule has 0 radical (unpaired) electrons. The Kier molecular flexibility index (Phi) is 6.39. The third-order valence-corrected chi connectivity index (χ3v) is 2.86. The van der Waals surface area contributed by atoms with Crippen LogP contribution in [0.5, 0.6) is 0 Å². The van der Waals surface area contributed by atoms with E-state index in [1.807, 2.05) is 0 Å². The van der Waals surface area contributed by atoms with E-state index < -0.39 is 17.0 Å². The van der Waals surface area contributed by atoms with Crippen LogP contribution in [0.2, 0.25) is 0 Å². The summed E-state index contributed by atoms with van der Waals surface area (Å²) in [6.07, 6.45) is 0. The average molecular weight is 293 g/mol. The first kappa shape index (κ1) is 17.8. The Morgan fingerprint density at radius 2 is 1.95 bits per heavy atom. The van der Waals surface area contributed by atoms with Gasteiger partial charge in [0.25, 0.3) is 0 Å². The van der Waals surface area contributed by atoms with E-state index in [4.69, 9.17) is 5.73 Å². The molecule has 0 unspecified atom stereocenters. The molecule has 0 atom stereocenters. The Hall–Kier alpha value is -1.20. The second kappa shape index (κ2) is 6.82. The Balaban J connectivity index is 0.00000324. The lowest BCUT2D eigenvalue weighted by Gasteiger charge is -2.28. The molecule has 0 heterocycles. The van der Waals surface area contributed by atoms with Crippen molar-refractivity contribution in [3.8, 4) is 0 Å². The standard InChI is InChI=1S/C13H18F2N2O.ClH/c1-13(2,8-16)12(18)17(3)7-9-4-5-10(14)6-11(9)15;/h4-6H,7-8,16H2,1-3H3;1H. The van der Waals surface area contributed by atoms with Crippen molar-refractivity contribution in [2.75, 3.05) is 13.6 Å². The molecule has 0 aromatic heterocycles. The third-order valence-electron chi connectivity index (χ3n) is 2.86. The van der Waals surface area contributed by atoms with Crippen molar-refractivity contribution in [1.82, 2.24) is 4.90 Å². The molecule has 108 valence electrons. The number of carbonyl (C=O) groups is 1. The van der Waals surface area contributed by atoms with Crippen LogP contribution in [0.1, 0.15) is 19.4 Å². The number of nitrogens with two attached hydrogens (primary N) is 1. The summed E-state index contributed by atoms with van der Waals surface area (Å²) in [4.78, 5) is 13.4. The topological polar surface area (TPSA) is 46.3 Å². The van der Waals surface area contributed by atoms with Gasteiger partial charge in [0, 0.05) is 31.8 Å². The van der Waals surface area contributed by atoms with Crippen molar-refractivity contribution in [2.45, 2.75) is 20.4 Å². The smallest absolute Gasteiger partial charge is 0.229 e. The van der Waals surface area contributed by atoms with E-state index in [2.05, 4.69) is 0 Å². The number of benzene rings is 1. The van der Waals surface area contributed by atoms with Crippen LogP contribution in [0.25, 0.3) is 0 Å². The van der Waals surface area contributed by atoms with Gasteiger partial charge in [0.05, 0.1) is 5.41 Å². The first-order valence-corrected chi connectivity index (χ1v) is 5.67. The lowest BCUT2D eigenvalue weighted by molar-refractivity contribution is -0.139. The van der Waals surface area contributed by atoms with Gasteiger partial charge in [-0.25, -0.2) is 8.78 Å². The summed E-state index contributed by atoms with van der Waals surface area (Å²) in [6.45, 7) is 3.76. The number of amides is 1. The second-order valence-electron chi connectivity index (χ2n) is 4.98. The van der Waals surface area contributed by atoms with Crippen LogP contribution in [0.15, 0.2) is 18.2 Å². The van der Waals surface area contributed by atoms with E-state index in [0.29, 0.717) is 0 Å². The molecule has 1 aromatic rings. The Bertz CT molecular complexity index is 452. The van der Waals surface area contributed by atoms with Gasteiger partial charge < -0.3 is 10.6 Å². The maximum Gasteiger partial charge on any atom is 0.229 e. The molecule has 19 heavy (non-hydrogen) atoms. The zero-order valence-corrected chi connectivity index (χ0v) is 12.1. The van der Waals surface area contributed by atoms with Crippen LogP contribution in [0.3, 0.4) is 0 Å². The van der Waals surface area contributed by atoms with E-state index in [1.165, 1.54) is 17.0 Å². The molecule has 0 saturated carbocycles. The van der Waals surface area contributed by atoms with Crippen molar-refractivity contribution >= 4 is 18.3 Å². The fraction of sp³-hybridized carbons (Fsp3) is 0.462. The van der Waals surface area contributed by atoms with Crippen LogP contribution >= 0.6 is 12.4 Å². The number of rotatable bonds is 4. The van der Waals surface area contributed by atoms with Crippen LogP contribution in [0, 0.1) is 17.0 Å². The first-order chi connectivity index (χ1) is 8.27. The normalized spacial score (nSPS) is 10.8. The summed E-state index contributed by atoms with van der Waals surface area (Å²) in [7, 11) is 1.57. The maximum absolute atomic E-state index is 13.4. The summed E-state index contributed by atoms with van der Waals surface area (Å²) >= 11 is 0. The van der Waals surface area contributed by atoms with Gasteiger partial charge in [-0.1, -0.05) is 6.07 Å². The minimum absolute atomic E-state index is 0. The number of halogens is 3. The van der Waals surface area contributed by atoms with E-state index in [1.54, 1.807) is 20.9 Å². The minimum Gasteiger partial charge on any atom is -0.341 e. The summed E-state index contributed by atoms with van der Waals surface area (Å²) in [5.74, 6) is -1.46. The molecule has 1 amide bonds. The largest absolute Gasteiger partial charge is 0.341 e. The molecule has 0 aliphatic carbocycles. The fourth-order valence-corrected chi connectivity index (χ4v) is 1.58. The zero-order valence-electron chi connectivity index (χ0n) is 11.2. The van der Waals surface area contributed by atoms with E-state index in [-0.39, 0.29) is 37.0 Å². The highest BCUT2D eigenvalue weighted by Gasteiger charge is 2.29. The summed E-state index contributed by atoms with van der Waals surface area (Å²) in [5.41, 5.74) is 5.11. The number of hydrogen-bond donors (Lipinski definition) is 1. The molecule has 0 bridgehead atoms. The van der Waals surface area contributed by atoms with Gasteiger partial charge in [0.1, 0.15) is 11.6 Å². The van der Waals surface area contributed by atoms with Crippen molar-refractivity contribution < 1.29 is 13.6 Å². The molecular weight excluding hydrogens is 274 g/mol. The van der Waals surface area contributed by atoms with E-state index in [0.717, 1.165) is 6.07 Å². The molecule has 0 spiro atoms. The van der Waals surface area contributed by atoms with Gasteiger partial charge in [-0.15, -0.1) is 12.4 Å². The highest BCUT2D eigenvalue weighted by Crippen LogP contribution is 2.19. The molecule has 0 aliphatic rings. The molecule has 0 saturated heterocycles. The Morgan fingerprint density at radius 3 is 2.42 bits per heavy atom. The van der Waals surface area contributed by atoms with Crippen molar-refractivity contribution in [3.05, 3.63) is 35.4 Å². The Labute approximate surface area is 118 Å². The lowest BCUT2D eigenvalue weighted by atomic mass is 9.92. The number of hydrogen-bond acceptors (Lipinski definition) is 2. The predicted molar refractivity (Wildman–Crippen MR) is 72.9 cm³/mol. The van der Waals surface area contributed by atoms with Crippen LogP contribution in [-0.4, -0.2) is 24.4 Å². The molecule has 6 heteroatoms. The molecular formula is C13H19ClF2N2O. The molecule has 1 rings (SSSR count). The monoisotopic (exact) mass is 292 g/mol. The summed E-state index contributed by atoms with van der Waals surface area (Å²) in [5, 5.41) is 0. The molecule has 2 N–H and O–H groups in total. The summed E-state index contributed by atoms with van der Waals surface area (Å²) < 4.78 is 26.2. The van der Waals surface area contributed by atoms with Gasteiger partial charge in [-0.3, -0.25) is 4.79 Å². The van der Waals surface area contributed by atoms with Gasteiger partial charge in [0.2, 0.25) is 5.91 Å². The van der Waals surface area contributed by atoms with E-state index in [9.17, 15) is 13.6 Å². The lowest BCUT2D eigenvalue weighted by Crippen LogP contribution is -2.42. The van der Waals surface area contributed by atoms with Gasteiger partial charge >= 0.3 is 0 Å². The minimum atomic E-state index is -0.689. The molecule has 0 aliphatic heterocycles. The van der Waals surface area contributed by atoms with Crippen LogP contribution < -0.4 is 5.73 Å². The summed E-state index contributed by atoms with van der Waals surface area (Å²) in [6, 6.07) is 3.32. The van der Waals surface area contributed by atoms with Crippen molar-refractivity contribution in [3.63, 3.8) is 0 Å². The maximum atomic E-state index is 13.4. The van der Waals surface area contributed by atoms with E-state index >= 15 is 0 Å². The Morgan fingerprint density at radius 1 is 1.37 bits per heavy atom. The second-order valence-corrected chi connectivity index (χ2v) is 4.98. The van der Waals surface area contributed by atoms with Gasteiger partial charge in [-0.2, -0.15) is 0 Å². The predicted octanol–water partition coefficient (Wildman–Crippen LogP) is 2.33. The van der Waals surface area contributed by atoms with Gasteiger partial charge in [0.15, 0.2) is 0 Å². The molecule has 3 nitrogen and oxygen atoms in total. The quantitative estimate of drug-likeness (QED) is 0.926. The zero-order chi connectivity index (χ0) is 13.9. The van der Waals surface area contributed by atoms with Crippen LogP contribution in [-0.2, 0) is 11.3 Å². The van der Waals surface area contributed by atoms with Crippen LogP contribution in [0.4, 0.5) is 8.78 Å². The fourth-order valence-electron chi connectivity index (χ4n) is 1.58. The first-order valence-electron chi connectivity index (χ1n) is 5.67. The number of carbonyl (C=O) groups excluding carboxylic acids is 1. The number of nitrogens with zero attached hydrogens (tertiary/aromatic N) is 1. The SMILES string of the molecule is CN(Cc1ccc(F)cc1F)C(=O)C(C)(C)CN.Cl. The average Bonchev–Trinajstić information content (AvgIpc) is 2.31. The highest BCUT2D eigenvalue weighted by molar-refractivity contribution is 5.85. The molecule has 0 fully saturated rings.